The second-order valence-electron chi connectivity index (χ2n) is 6.58. The van der Waals surface area contributed by atoms with Crippen LogP contribution in [0.4, 0.5) is 0 Å². The van der Waals surface area contributed by atoms with Gasteiger partial charge >= 0.3 is 0 Å². The molecule has 0 amide bonds. The topological polar surface area (TPSA) is 12.5 Å². The number of allylic oxidation sites excluding steroid dienone is 2. The van der Waals surface area contributed by atoms with E-state index in [1.807, 2.05) is 12.2 Å². The van der Waals surface area contributed by atoms with Gasteiger partial charge in [-0.2, -0.15) is 0 Å². The summed E-state index contributed by atoms with van der Waals surface area (Å²) in [6.07, 6.45) is 12.7. The van der Waals surface area contributed by atoms with E-state index in [0.29, 0.717) is 6.10 Å². The second-order valence-corrected chi connectivity index (χ2v) is 6.58. The van der Waals surface area contributed by atoms with Crippen LogP contribution in [0.2, 0.25) is 0 Å². The predicted molar refractivity (Wildman–Crippen MR) is 103 cm³/mol. The summed E-state index contributed by atoms with van der Waals surface area (Å²) in [5.41, 5.74) is 2.43. The van der Waals surface area contributed by atoms with Crippen LogP contribution in [0.25, 0.3) is 0 Å². The molecule has 0 saturated heterocycles. The van der Waals surface area contributed by atoms with E-state index < -0.39 is 0 Å². The molecule has 1 aromatic rings. The Kier molecular flexibility index (Phi) is 8.58. The van der Waals surface area contributed by atoms with Crippen molar-refractivity contribution >= 4 is 0 Å². The van der Waals surface area contributed by atoms with E-state index in [2.05, 4.69) is 48.4 Å². The fourth-order valence-electron chi connectivity index (χ4n) is 3.18. The maximum absolute atomic E-state index is 6.11. The molecule has 1 saturated carbocycles. The number of rotatable bonds is 10. The highest BCUT2D eigenvalue weighted by atomic mass is 16.5. The minimum atomic E-state index is 0.473. The van der Waals surface area contributed by atoms with Crippen LogP contribution in [0, 0.1) is 0 Å². The molecular weight excluding hydrogens is 294 g/mol. The maximum Gasteiger partial charge on any atom is 0.0597 e. The number of nitrogens with zero attached hydrogens (tertiary/aromatic N) is 1. The number of hydrogen-bond acceptors (Lipinski definition) is 2. The molecule has 2 rings (SSSR count). The molecule has 2 heteroatoms. The summed E-state index contributed by atoms with van der Waals surface area (Å²) in [6.45, 7) is 11.4. The Bertz CT molecular complexity index is 514. The largest absolute Gasteiger partial charge is 0.377 e. The van der Waals surface area contributed by atoms with E-state index in [0.717, 1.165) is 31.8 Å². The van der Waals surface area contributed by atoms with Crippen molar-refractivity contribution in [3.63, 3.8) is 0 Å². The lowest BCUT2D eigenvalue weighted by molar-refractivity contribution is 0.0164. The zero-order chi connectivity index (χ0) is 17.0. The summed E-state index contributed by atoms with van der Waals surface area (Å²) >= 11 is 0. The fourth-order valence-corrected chi connectivity index (χ4v) is 3.18. The van der Waals surface area contributed by atoms with E-state index in [1.54, 1.807) is 6.08 Å². The van der Waals surface area contributed by atoms with Gasteiger partial charge in [-0.15, -0.1) is 0 Å². The summed E-state index contributed by atoms with van der Waals surface area (Å²) in [6, 6.07) is 10.6. The quantitative estimate of drug-likeness (QED) is 0.553. The first-order valence-electron chi connectivity index (χ1n) is 9.12. The molecule has 0 radical (unpaired) electrons. The molecule has 0 bridgehead atoms. The van der Waals surface area contributed by atoms with Crippen molar-refractivity contribution in [2.75, 3.05) is 19.7 Å². The number of ether oxygens (including phenoxy) is 1. The van der Waals surface area contributed by atoms with Gasteiger partial charge < -0.3 is 4.74 Å². The lowest BCUT2D eigenvalue weighted by atomic mass is 9.98. The molecular formula is C22H31NO. The molecule has 0 unspecified atom stereocenters. The fraction of sp³-hybridized carbons (Fsp3) is 0.455. The monoisotopic (exact) mass is 325 g/mol. The molecule has 0 N–H and O–H groups in total. The average Bonchev–Trinajstić information content (AvgIpc) is 2.61. The lowest BCUT2D eigenvalue weighted by Gasteiger charge is -2.26. The lowest BCUT2D eigenvalue weighted by Crippen LogP contribution is -2.30. The summed E-state index contributed by atoms with van der Waals surface area (Å²) in [4.78, 5) is 2.41. The van der Waals surface area contributed by atoms with Crippen LogP contribution in [0.1, 0.15) is 37.7 Å². The van der Waals surface area contributed by atoms with E-state index in [4.69, 9.17) is 4.74 Å². The van der Waals surface area contributed by atoms with Crippen molar-refractivity contribution in [2.24, 2.45) is 0 Å². The smallest absolute Gasteiger partial charge is 0.0597 e. The van der Waals surface area contributed by atoms with Crippen molar-refractivity contribution in [3.05, 3.63) is 72.9 Å². The van der Waals surface area contributed by atoms with Crippen molar-refractivity contribution in [3.8, 4) is 0 Å². The highest BCUT2D eigenvalue weighted by molar-refractivity contribution is 5.20. The zero-order valence-corrected chi connectivity index (χ0v) is 14.8. The van der Waals surface area contributed by atoms with Crippen LogP contribution >= 0.6 is 0 Å². The normalized spacial score (nSPS) is 15.9. The molecule has 1 fully saturated rings. The van der Waals surface area contributed by atoms with Gasteiger partial charge in [-0.05, 0) is 24.0 Å². The van der Waals surface area contributed by atoms with E-state index in [1.165, 1.54) is 37.7 Å². The van der Waals surface area contributed by atoms with Gasteiger partial charge in [0, 0.05) is 19.6 Å². The Hall–Kier alpha value is -1.64. The molecule has 0 heterocycles. The summed E-state index contributed by atoms with van der Waals surface area (Å²) in [5, 5.41) is 0. The molecule has 130 valence electrons. The van der Waals surface area contributed by atoms with Crippen LogP contribution in [-0.4, -0.2) is 30.7 Å². The maximum atomic E-state index is 6.11. The van der Waals surface area contributed by atoms with Crippen molar-refractivity contribution in [1.29, 1.82) is 0 Å². The highest BCUT2D eigenvalue weighted by Crippen LogP contribution is 2.20. The molecule has 1 aliphatic carbocycles. The van der Waals surface area contributed by atoms with Gasteiger partial charge in [-0.25, -0.2) is 0 Å². The SMILES string of the molecule is C=C/C=C\C(=C)CN(CCOC1CCCCC1)Cc1ccccc1. The Morgan fingerprint density at radius 2 is 1.92 bits per heavy atom. The van der Waals surface area contributed by atoms with Gasteiger partial charge in [-0.1, -0.05) is 81.0 Å². The van der Waals surface area contributed by atoms with Crippen molar-refractivity contribution in [2.45, 2.75) is 44.8 Å². The molecule has 1 aromatic carbocycles. The average molecular weight is 325 g/mol. The number of benzene rings is 1. The van der Waals surface area contributed by atoms with Gasteiger partial charge in [0.1, 0.15) is 0 Å². The van der Waals surface area contributed by atoms with E-state index in [9.17, 15) is 0 Å². The Balaban J connectivity index is 1.84. The number of hydrogen-bond donors (Lipinski definition) is 0. The molecule has 0 aliphatic heterocycles. The molecule has 1 aliphatic rings. The minimum absolute atomic E-state index is 0.473. The Morgan fingerprint density at radius 3 is 2.62 bits per heavy atom. The first kappa shape index (κ1) is 18.7. The Morgan fingerprint density at radius 1 is 1.17 bits per heavy atom. The van der Waals surface area contributed by atoms with Crippen LogP contribution in [0.5, 0.6) is 0 Å². The van der Waals surface area contributed by atoms with E-state index in [-0.39, 0.29) is 0 Å². The summed E-state index contributed by atoms with van der Waals surface area (Å²) in [7, 11) is 0. The summed E-state index contributed by atoms with van der Waals surface area (Å²) < 4.78 is 6.11. The zero-order valence-electron chi connectivity index (χ0n) is 14.8. The van der Waals surface area contributed by atoms with E-state index >= 15 is 0 Å². The molecule has 2 nitrogen and oxygen atoms in total. The molecule has 0 aromatic heterocycles. The summed E-state index contributed by atoms with van der Waals surface area (Å²) in [5.74, 6) is 0. The Labute approximate surface area is 147 Å². The van der Waals surface area contributed by atoms with Gasteiger partial charge in [0.05, 0.1) is 12.7 Å². The molecule has 24 heavy (non-hydrogen) atoms. The molecule has 0 spiro atoms. The van der Waals surface area contributed by atoms with Gasteiger partial charge in [0.2, 0.25) is 0 Å². The van der Waals surface area contributed by atoms with Crippen LogP contribution in [0.15, 0.2) is 67.3 Å². The standard InChI is InChI=1S/C22H31NO/c1-3-4-11-20(2)18-23(19-21-12-7-5-8-13-21)16-17-24-22-14-9-6-10-15-22/h3-5,7-8,11-13,22H,1-2,6,9-10,14-19H2/b11-4-. The van der Waals surface area contributed by atoms with Crippen molar-refractivity contribution < 1.29 is 4.74 Å². The third-order valence-corrected chi connectivity index (χ3v) is 4.46. The van der Waals surface area contributed by atoms with Gasteiger partial charge in [-0.3, -0.25) is 4.90 Å². The third kappa shape index (κ3) is 7.29. The van der Waals surface area contributed by atoms with Crippen molar-refractivity contribution in [1.82, 2.24) is 4.90 Å². The van der Waals surface area contributed by atoms with Gasteiger partial charge in [0.15, 0.2) is 0 Å². The van der Waals surface area contributed by atoms with Gasteiger partial charge in [0.25, 0.3) is 0 Å². The predicted octanol–water partition coefficient (Wildman–Crippen LogP) is 5.14. The third-order valence-electron chi connectivity index (χ3n) is 4.46. The highest BCUT2D eigenvalue weighted by Gasteiger charge is 2.14. The minimum Gasteiger partial charge on any atom is -0.377 e. The first-order valence-corrected chi connectivity index (χ1v) is 9.12. The van der Waals surface area contributed by atoms with Crippen LogP contribution in [0.3, 0.4) is 0 Å². The van der Waals surface area contributed by atoms with Crippen LogP contribution in [-0.2, 0) is 11.3 Å². The van der Waals surface area contributed by atoms with Crippen LogP contribution < -0.4 is 0 Å². The second kappa shape index (κ2) is 11.0. The first-order chi connectivity index (χ1) is 11.8. The molecule has 0 atom stereocenters.